The Bertz CT molecular complexity index is 1260. The van der Waals surface area contributed by atoms with Crippen molar-refractivity contribution in [3.05, 3.63) is 95.4 Å². The summed E-state index contributed by atoms with van der Waals surface area (Å²) < 4.78 is 13.2. The molecule has 0 radical (unpaired) electrons. The summed E-state index contributed by atoms with van der Waals surface area (Å²) in [6.45, 7) is 3.20. The Labute approximate surface area is 193 Å². The molecule has 5 rings (SSSR count). The molecule has 4 aromatic rings. The normalized spacial score (nSPS) is 15.7. The monoisotopic (exact) mass is 441 g/mol. The average Bonchev–Trinajstić information content (AvgIpc) is 3.49. The number of methoxy groups -OCH3 is 1. The molecule has 6 heteroatoms. The number of pyridine rings is 1. The van der Waals surface area contributed by atoms with Crippen molar-refractivity contribution in [2.24, 2.45) is 0 Å². The average molecular weight is 442 g/mol. The quantitative estimate of drug-likeness (QED) is 0.412. The van der Waals surface area contributed by atoms with Crippen LogP contribution in [0.25, 0.3) is 5.65 Å². The van der Waals surface area contributed by atoms with Gasteiger partial charge in [0.15, 0.2) is 0 Å². The van der Waals surface area contributed by atoms with Crippen LogP contribution in [-0.4, -0.2) is 33.8 Å². The number of imidazole rings is 1. The Morgan fingerprint density at radius 2 is 1.76 bits per heavy atom. The van der Waals surface area contributed by atoms with E-state index in [2.05, 4.69) is 11.9 Å². The Morgan fingerprint density at radius 1 is 1.00 bits per heavy atom. The SMILES string of the molecule is COc1ccc(C2CCCN2C(=O)c2ccc(OCc3cn4cc(C)ccc4n3)cc2)cc1. The highest BCUT2D eigenvalue weighted by Crippen LogP contribution is 2.34. The van der Waals surface area contributed by atoms with Crippen LogP contribution in [0.3, 0.4) is 0 Å². The van der Waals surface area contributed by atoms with Crippen molar-refractivity contribution in [1.29, 1.82) is 0 Å². The third-order valence-electron chi connectivity index (χ3n) is 6.15. The van der Waals surface area contributed by atoms with Crippen molar-refractivity contribution in [2.75, 3.05) is 13.7 Å². The Kier molecular flexibility index (Phi) is 5.73. The van der Waals surface area contributed by atoms with Gasteiger partial charge in [-0.15, -0.1) is 0 Å². The van der Waals surface area contributed by atoms with Crippen LogP contribution in [0.5, 0.6) is 11.5 Å². The molecular weight excluding hydrogens is 414 g/mol. The molecule has 1 amide bonds. The second-order valence-electron chi connectivity index (χ2n) is 8.45. The predicted molar refractivity (Wildman–Crippen MR) is 127 cm³/mol. The first-order valence-electron chi connectivity index (χ1n) is 11.2. The number of ether oxygens (including phenoxy) is 2. The first-order chi connectivity index (χ1) is 16.1. The van der Waals surface area contributed by atoms with Gasteiger partial charge in [0.25, 0.3) is 5.91 Å². The zero-order chi connectivity index (χ0) is 22.8. The molecule has 6 nitrogen and oxygen atoms in total. The lowest BCUT2D eigenvalue weighted by Gasteiger charge is -2.25. The predicted octanol–water partition coefficient (Wildman–Crippen LogP) is 5.21. The van der Waals surface area contributed by atoms with Crippen molar-refractivity contribution >= 4 is 11.6 Å². The summed E-state index contributed by atoms with van der Waals surface area (Å²) >= 11 is 0. The minimum atomic E-state index is 0.0515. The van der Waals surface area contributed by atoms with E-state index in [0.717, 1.165) is 42.0 Å². The first-order valence-corrected chi connectivity index (χ1v) is 11.2. The number of rotatable bonds is 6. The summed E-state index contributed by atoms with van der Waals surface area (Å²) in [5, 5.41) is 0. The maximum Gasteiger partial charge on any atom is 0.254 e. The number of hydrogen-bond donors (Lipinski definition) is 0. The third kappa shape index (κ3) is 4.42. The van der Waals surface area contributed by atoms with E-state index >= 15 is 0 Å². The molecule has 1 aliphatic heterocycles. The van der Waals surface area contributed by atoms with Crippen molar-refractivity contribution in [3.63, 3.8) is 0 Å². The van der Waals surface area contributed by atoms with Crippen molar-refractivity contribution in [1.82, 2.24) is 14.3 Å². The number of amides is 1. The number of aryl methyl sites for hydroxylation is 1. The highest BCUT2D eigenvalue weighted by Gasteiger charge is 2.30. The van der Waals surface area contributed by atoms with E-state index in [0.29, 0.717) is 17.9 Å². The first kappa shape index (κ1) is 21.1. The van der Waals surface area contributed by atoms with Gasteiger partial charge < -0.3 is 18.8 Å². The molecule has 0 saturated carbocycles. The van der Waals surface area contributed by atoms with Crippen LogP contribution in [0.2, 0.25) is 0 Å². The molecular formula is C27H27N3O3. The summed E-state index contributed by atoms with van der Waals surface area (Å²) in [7, 11) is 1.66. The van der Waals surface area contributed by atoms with Crippen LogP contribution in [0.1, 0.15) is 46.1 Å². The van der Waals surface area contributed by atoms with Crippen LogP contribution >= 0.6 is 0 Å². The van der Waals surface area contributed by atoms with E-state index in [1.807, 2.05) is 82.4 Å². The topological polar surface area (TPSA) is 56.1 Å². The third-order valence-corrected chi connectivity index (χ3v) is 6.15. The zero-order valence-corrected chi connectivity index (χ0v) is 18.9. The smallest absolute Gasteiger partial charge is 0.254 e. The second kappa shape index (κ2) is 8.98. The van der Waals surface area contributed by atoms with Crippen LogP contribution < -0.4 is 9.47 Å². The lowest BCUT2D eigenvalue weighted by atomic mass is 10.0. The minimum Gasteiger partial charge on any atom is -0.497 e. The molecule has 0 aliphatic carbocycles. The van der Waals surface area contributed by atoms with Crippen molar-refractivity contribution in [2.45, 2.75) is 32.4 Å². The number of likely N-dealkylation sites (tertiary alicyclic amines) is 1. The fraction of sp³-hybridized carbons (Fsp3) is 0.259. The molecule has 1 fully saturated rings. The van der Waals surface area contributed by atoms with Gasteiger partial charge in [0.2, 0.25) is 0 Å². The van der Waals surface area contributed by atoms with Gasteiger partial charge in [0.05, 0.1) is 18.8 Å². The van der Waals surface area contributed by atoms with E-state index in [9.17, 15) is 4.79 Å². The minimum absolute atomic E-state index is 0.0515. The van der Waals surface area contributed by atoms with E-state index in [4.69, 9.17) is 9.47 Å². The zero-order valence-electron chi connectivity index (χ0n) is 18.9. The lowest BCUT2D eigenvalue weighted by Crippen LogP contribution is -2.30. The van der Waals surface area contributed by atoms with Crippen LogP contribution in [0.15, 0.2) is 73.1 Å². The maximum atomic E-state index is 13.2. The molecule has 1 saturated heterocycles. The van der Waals surface area contributed by atoms with Crippen molar-refractivity contribution < 1.29 is 14.3 Å². The van der Waals surface area contributed by atoms with Gasteiger partial charge >= 0.3 is 0 Å². The fourth-order valence-electron chi connectivity index (χ4n) is 4.42. The van der Waals surface area contributed by atoms with Gasteiger partial charge in [-0.05, 0) is 73.4 Å². The lowest BCUT2D eigenvalue weighted by molar-refractivity contribution is 0.0735. The molecule has 0 N–H and O–H groups in total. The number of nitrogens with zero attached hydrogens (tertiary/aromatic N) is 3. The van der Waals surface area contributed by atoms with Crippen LogP contribution in [-0.2, 0) is 6.61 Å². The van der Waals surface area contributed by atoms with Gasteiger partial charge in [0, 0.05) is 24.5 Å². The van der Waals surface area contributed by atoms with E-state index in [1.165, 1.54) is 5.56 Å². The maximum absolute atomic E-state index is 13.2. The number of benzene rings is 2. The Hall–Kier alpha value is -3.80. The molecule has 1 unspecified atom stereocenters. The Morgan fingerprint density at radius 3 is 2.52 bits per heavy atom. The molecule has 168 valence electrons. The molecule has 33 heavy (non-hydrogen) atoms. The summed E-state index contributed by atoms with van der Waals surface area (Å²) in [6, 6.07) is 19.5. The van der Waals surface area contributed by atoms with Gasteiger partial charge in [-0.25, -0.2) is 4.98 Å². The summed E-state index contributed by atoms with van der Waals surface area (Å²) in [6.07, 6.45) is 6.00. The molecule has 1 aliphatic rings. The second-order valence-corrected chi connectivity index (χ2v) is 8.45. The summed E-state index contributed by atoms with van der Waals surface area (Å²) in [5.41, 5.74) is 4.76. The summed E-state index contributed by atoms with van der Waals surface area (Å²) in [5.74, 6) is 1.59. The fourth-order valence-corrected chi connectivity index (χ4v) is 4.42. The number of fused-ring (bicyclic) bond motifs is 1. The molecule has 3 heterocycles. The summed E-state index contributed by atoms with van der Waals surface area (Å²) in [4.78, 5) is 19.8. The molecule has 0 spiro atoms. The van der Waals surface area contributed by atoms with E-state index < -0.39 is 0 Å². The highest BCUT2D eigenvalue weighted by molar-refractivity contribution is 5.94. The van der Waals surface area contributed by atoms with Crippen LogP contribution in [0.4, 0.5) is 0 Å². The molecule has 2 aromatic carbocycles. The number of carbonyl (C=O) groups is 1. The van der Waals surface area contributed by atoms with Gasteiger partial charge in [-0.2, -0.15) is 0 Å². The van der Waals surface area contributed by atoms with Crippen LogP contribution in [0, 0.1) is 6.92 Å². The van der Waals surface area contributed by atoms with Gasteiger partial charge in [0.1, 0.15) is 23.8 Å². The molecule has 1 atom stereocenters. The van der Waals surface area contributed by atoms with Gasteiger partial charge in [-0.3, -0.25) is 4.79 Å². The standard InChI is InChI=1S/C27H27N3O3/c1-19-5-14-26-28-22(17-29(26)16-19)18-33-24-12-8-21(9-13-24)27(31)30-15-3-4-25(30)20-6-10-23(32-2)11-7-20/h5-14,16-17,25H,3-4,15,18H2,1-2H3. The van der Waals surface area contributed by atoms with Gasteiger partial charge in [-0.1, -0.05) is 18.2 Å². The molecule has 0 bridgehead atoms. The van der Waals surface area contributed by atoms with Crippen molar-refractivity contribution in [3.8, 4) is 11.5 Å². The highest BCUT2D eigenvalue weighted by atomic mass is 16.5. The van der Waals surface area contributed by atoms with E-state index in [-0.39, 0.29) is 11.9 Å². The largest absolute Gasteiger partial charge is 0.497 e. The number of hydrogen-bond acceptors (Lipinski definition) is 4. The van der Waals surface area contributed by atoms with E-state index in [1.54, 1.807) is 7.11 Å². The number of carbonyl (C=O) groups excluding carboxylic acids is 1. The number of aromatic nitrogens is 2. The molecule has 2 aromatic heterocycles. The Balaban J connectivity index is 1.24.